The van der Waals surface area contributed by atoms with E-state index in [-0.39, 0.29) is 0 Å². The van der Waals surface area contributed by atoms with Crippen molar-refractivity contribution in [1.29, 1.82) is 0 Å². The van der Waals surface area contributed by atoms with E-state index in [9.17, 15) is 5.11 Å². The number of aliphatic hydroxyl groups is 1. The summed E-state index contributed by atoms with van der Waals surface area (Å²) in [6.07, 6.45) is 5.03. The van der Waals surface area contributed by atoms with E-state index in [1.165, 1.54) is 12.8 Å². The monoisotopic (exact) mass is 261 g/mol. The molecule has 3 nitrogen and oxygen atoms in total. The van der Waals surface area contributed by atoms with E-state index in [2.05, 4.69) is 12.2 Å². The predicted molar refractivity (Wildman–Crippen MR) is 75.3 cm³/mol. The van der Waals surface area contributed by atoms with Crippen molar-refractivity contribution in [3.63, 3.8) is 0 Å². The first-order valence-corrected chi connectivity index (χ1v) is 7.41. The van der Waals surface area contributed by atoms with Crippen LogP contribution in [0.15, 0.2) is 24.3 Å². The number of hydrogen-bond donors (Lipinski definition) is 2. The first-order chi connectivity index (χ1) is 9.19. The first kappa shape index (κ1) is 12.9. The van der Waals surface area contributed by atoms with Gasteiger partial charge >= 0.3 is 0 Å². The Morgan fingerprint density at radius 3 is 2.74 bits per heavy atom. The van der Waals surface area contributed by atoms with Crippen molar-refractivity contribution >= 4 is 0 Å². The molecule has 0 aliphatic carbocycles. The van der Waals surface area contributed by atoms with Gasteiger partial charge in [-0.15, -0.1) is 0 Å². The van der Waals surface area contributed by atoms with Gasteiger partial charge in [-0.05, 0) is 49.8 Å². The fourth-order valence-corrected chi connectivity index (χ4v) is 3.45. The second-order valence-electron chi connectivity index (χ2n) is 5.95. The number of rotatable bonds is 4. The highest BCUT2D eigenvalue weighted by atomic mass is 16.5. The summed E-state index contributed by atoms with van der Waals surface area (Å²) >= 11 is 0. The molecular formula is C16H23NO2. The third-order valence-electron chi connectivity index (χ3n) is 4.35. The normalized spacial score (nSPS) is 33.4. The molecule has 2 N–H and O–H groups in total. The molecular weight excluding hydrogens is 238 g/mol. The number of benzene rings is 1. The molecule has 0 spiro atoms. The van der Waals surface area contributed by atoms with Crippen LogP contribution in [0.5, 0.6) is 5.75 Å². The SMILES string of the molecule is CCCOc1cccc(C2(O)CC3CCC(C2)N3)c1. The lowest BCUT2D eigenvalue weighted by atomic mass is 9.81. The number of ether oxygens (including phenoxy) is 1. The van der Waals surface area contributed by atoms with E-state index in [1.54, 1.807) is 0 Å². The zero-order chi connectivity index (χ0) is 13.3. The van der Waals surface area contributed by atoms with Gasteiger partial charge in [-0.3, -0.25) is 0 Å². The Kier molecular flexibility index (Phi) is 3.50. The third kappa shape index (κ3) is 2.63. The van der Waals surface area contributed by atoms with Gasteiger partial charge in [0.2, 0.25) is 0 Å². The zero-order valence-corrected chi connectivity index (χ0v) is 11.6. The molecule has 0 saturated carbocycles. The van der Waals surface area contributed by atoms with Crippen LogP contribution in [0.25, 0.3) is 0 Å². The van der Waals surface area contributed by atoms with Crippen LogP contribution in [0.2, 0.25) is 0 Å². The van der Waals surface area contributed by atoms with Crippen molar-refractivity contribution in [1.82, 2.24) is 5.32 Å². The molecule has 2 saturated heterocycles. The number of fused-ring (bicyclic) bond motifs is 2. The molecule has 104 valence electrons. The number of hydrogen-bond acceptors (Lipinski definition) is 3. The van der Waals surface area contributed by atoms with Crippen LogP contribution in [0.1, 0.15) is 44.6 Å². The van der Waals surface area contributed by atoms with E-state index in [0.29, 0.717) is 12.1 Å². The topological polar surface area (TPSA) is 41.5 Å². The van der Waals surface area contributed by atoms with Crippen molar-refractivity contribution in [3.05, 3.63) is 29.8 Å². The lowest BCUT2D eigenvalue weighted by molar-refractivity contribution is -0.0116. The average Bonchev–Trinajstić information content (AvgIpc) is 2.76. The van der Waals surface area contributed by atoms with Crippen molar-refractivity contribution in [2.24, 2.45) is 0 Å². The molecule has 3 heteroatoms. The summed E-state index contributed by atoms with van der Waals surface area (Å²) in [5.41, 5.74) is 0.336. The lowest BCUT2D eigenvalue weighted by Gasteiger charge is -2.37. The Labute approximate surface area is 115 Å². The fraction of sp³-hybridized carbons (Fsp3) is 0.625. The van der Waals surface area contributed by atoms with Crippen molar-refractivity contribution in [3.8, 4) is 5.75 Å². The van der Waals surface area contributed by atoms with Gasteiger partial charge in [0, 0.05) is 12.1 Å². The molecule has 0 amide bonds. The minimum Gasteiger partial charge on any atom is -0.494 e. The Balaban J connectivity index is 1.80. The predicted octanol–water partition coefficient (Wildman–Crippen LogP) is 2.58. The maximum Gasteiger partial charge on any atom is 0.119 e. The minimum atomic E-state index is -0.678. The van der Waals surface area contributed by atoms with E-state index in [4.69, 9.17) is 4.74 Å². The number of piperidine rings is 1. The summed E-state index contributed by atoms with van der Waals surface area (Å²) in [5, 5.41) is 14.6. The molecule has 3 rings (SSSR count). The van der Waals surface area contributed by atoms with Gasteiger partial charge in [-0.2, -0.15) is 0 Å². The van der Waals surface area contributed by atoms with Gasteiger partial charge in [-0.25, -0.2) is 0 Å². The highest BCUT2D eigenvalue weighted by molar-refractivity contribution is 5.33. The van der Waals surface area contributed by atoms with Gasteiger partial charge < -0.3 is 15.2 Å². The largest absolute Gasteiger partial charge is 0.494 e. The summed E-state index contributed by atoms with van der Waals surface area (Å²) < 4.78 is 5.67. The Morgan fingerprint density at radius 2 is 2.05 bits per heavy atom. The standard InChI is InChI=1S/C16H23NO2/c1-2-8-19-15-5-3-4-12(9-15)16(18)10-13-6-7-14(11-16)17-13/h3-5,9,13-14,17-18H,2,6-8,10-11H2,1H3. The maximum atomic E-state index is 11.0. The van der Waals surface area contributed by atoms with Crippen LogP contribution >= 0.6 is 0 Å². The van der Waals surface area contributed by atoms with Crippen LogP contribution in [-0.4, -0.2) is 23.8 Å². The quantitative estimate of drug-likeness (QED) is 0.875. The van der Waals surface area contributed by atoms with E-state index in [1.807, 2.05) is 24.3 Å². The maximum absolute atomic E-state index is 11.0. The van der Waals surface area contributed by atoms with Crippen molar-refractivity contribution in [2.45, 2.75) is 56.7 Å². The molecule has 2 aliphatic rings. The van der Waals surface area contributed by atoms with Crippen LogP contribution in [-0.2, 0) is 5.60 Å². The van der Waals surface area contributed by atoms with Gasteiger partial charge in [-0.1, -0.05) is 19.1 Å². The summed E-state index contributed by atoms with van der Waals surface area (Å²) in [5.74, 6) is 0.874. The minimum absolute atomic E-state index is 0.476. The van der Waals surface area contributed by atoms with Gasteiger partial charge in [0.05, 0.1) is 12.2 Å². The van der Waals surface area contributed by atoms with Gasteiger partial charge in [0.25, 0.3) is 0 Å². The van der Waals surface area contributed by atoms with E-state index in [0.717, 1.165) is 37.2 Å². The van der Waals surface area contributed by atoms with Gasteiger partial charge in [0.15, 0.2) is 0 Å². The van der Waals surface area contributed by atoms with Crippen molar-refractivity contribution in [2.75, 3.05) is 6.61 Å². The molecule has 2 bridgehead atoms. The summed E-state index contributed by atoms with van der Waals surface area (Å²) in [6.45, 7) is 2.83. The third-order valence-corrected chi connectivity index (χ3v) is 4.35. The van der Waals surface area contributed by atoms with Crippen molar-refractivity contribution < 1.29 is 9.84 Å². The molecule has 19 heavy (non-hydrogen) atoms. The van der Waals surface area contributed by atoms with Crippen LogP contribution < -0.4 is 10.1 Å². The molecule has 1 aromatic carbocycles. The average molecular weight is 261 g/mol. The van der Waals surface area contributed by atoms with Crippen LogP contribution in [0.3, 0.4) is 0 Å². The van der Waals surface area contributed by atoms with Gasteiger partial charge in [0.1, 0.15) is 5.75 Å². The fourth-order valence-electron chi connectivity index (χ4n) is 3.45. The number of nitrogens with one attached hydrogen (secondary N) is 1. The Morgan fingerprint density at radius 1 is 1.32 bits per heavy atom. The van der Waals surface area contributed by atoms with Crippen LogP contribution in [0, 0.1) is 0 Å². The molecule has 2 aliphatic heterocycles. The molecule has 2 atom stereocenters. The molecule has 2 fully saturated rings. The molecule has 2 heterocycles. The highest BCUT2D eigenvalue weighted by Crippen LogP contribution is 2.41. The highest BCUT2D eigenvalue weighted by Gasteiger charge is 2.43. The smallest absolute Gasteiger partial charge is 0.119 e. The van der Waals surface area contributed by atoms with E-state index >= 15 is 0 Å². The molecule has 2 unspecified atom stereocenters. The lowest BCUT2D eigenvalue weighted by Crippen LogP contribution is -2.46. The summed E-state index contributed by atoms with van der Waals surface area (Å²) in [4.78, 5) is 0. The molecule has 1 aromatic rings. The summed E-state index contributed by atoms with van der Waals surface area (Å²) in [6, 6.07) is 8.96. The van der Waals surface area contributed by atoms with Crippen LogP contribution in [0.4, 0.5) is 0 Å². The molecule has 0 aromatic heterocycles. The zero-order valence-electron chi connectivity index (χ0n) is 11.6. The Bertz CT molecular complexity index is 434. The summed E-state index contributed by atoms with van der Waals surface area (Å²) in [7, 11) is 0. The first-order valence-electron chi connectivity index (χ1n) is 7.41. The Hall–Kier alpha value is -1.06. The molecule has 0 radical (unpaired) electrons. The second kappa shape index (κ2) is 5.14. The second-order valence-corrected chi connectivity index (χ2v) is 5.95. The van der Waals surface area contributed by atoms with E-state index < -0.39 is 5.60 Å².